The lowest BCUT2D eigenvalue weighted by atomic mass is 9.95. The molecule has 0 atom stereocenters. The van der Waals surface area contributed by atoms with Gasteiger partial charge in [0.15, 0.2) is 0 Å². The maximum absolute atomic E-state index is 5.15. The molecular formula is C24H44N2S. The normalized spacial score (nSPS) is 27.9. The van der Waals surface area contributed by atoms with E-state index in [2.05, 4.69) is 11.8 Å². The molecule has 0 spiro atoms. The number of hydrogen-bond donors (Lipinski definition) is 0. The third kappa shape index (κ3) is 8.07. The highest BCUT2D eigenvalue weighted by Gasteiger charge is 2.35. The molecule has 0 unspecified atom stereocenters. The van der Waals surface area contributed by atoms with Gasteiger partial charge in [-0.1, -0.05) is 96.3 Å². The van der Waals surface area contributed by atoms with Crippen molar-refractivity contribution in [3.05, 3.63) is 0 Å². The Bertz CT molecular complexity index is 399. The van der Waals surface area contributed by atoms with E-state index in [1.54, 1.807) is 0 Å². The van der Waals surface area contributed by atoms with E-state index in [1.807, 2.05) is 0 Å². The summed E-state index contributed by atoms with van der Waals surface area (Å²) >= 11 is 2.27. The van der Waals surface area contributed by atoms with Crippen LogP contribution in [-0.2, 0) is 0 Å². The van der Waals surface area contributed by atoms with Gasteiger partial charge in [0.25, 0.3) is 0 Å². The minimum atomic E-state index is 0.136. The summed E-state index contributed by atoms with van der Waals surface area (Å²) in [6.07, 6.45) is 29.4. The van der Waals surface area contributed by atoms with Crippen LogP contribution in [0.5, 0.6) is 0 Å². The average molecular weight is 393 g/mol. The average Bonchev–Trinajstić information content (AvgIpc) is 2.70. The van der Waals surface area contributed by atoms with Gasteiger partial charge in [-0.25, -0.2) is 0 Å². The van der Waals surface area contributed by atoms with E-state index >= 15 is 0 Å². The van der Waals surface area contributed by atoms with Crippen molar-refractivity contribution >= 4 is 11.8 Å². The van der Waals surface area contributed by atoms with Gasteiger partial charge < -0.3 is 0 Å². The topological polar surface area (TPSA) is 24.7 Å². The van der Waals surface area contributed by atoms with Crippen LogP contribution in [0.1, 0.15) is 135 Å². The summed E-state index contributed by atoms with van der Waals surface area (Å²) in [6.45, 7) is 0. The first-order valence-electron chi connectivity index (χ1n) is 12.5. The molecule has 0 amide bonds. The lowest BCUT2D eigenvalue weighted by Crippen LogP contribution is -2.29. The van der Waals surface area contributed by atoms with E-state index in [0.29, 0.717) is 6.04 Å². The molecule has 0 aromatic carbocycles. The highest BCUT2D eigenvalue weighted by atomic mass is 32.2. The molecule has 2 nitrogen and oxygen atoms in total. The quantitative estimate of drug-likeness (QED) is 0.438. The molecule has 27 heavy (non-hydrogen) atoms. The molecule has 0 N–H and O–H groups in total. The minimum absolute atomic E-state index is 0.136. The summed E-state index contributed by atoms with van der Waals surface area (Å²) in [5.74, 6) is 0. The second kappa shape index (κ2) is 12.5. The van der Waals surface area contributed by atoms with Gasteiger partial charge in [-0.05, 0) is 38.5 Å². The van der Waals surface area contributed by atoms with E-state index in [9.17, 15) is 0 Å². The fraction of sp³-hybridized carbons (Fsp3) is 1.00. The molecule has 3 saturated carbocycles. The molecule has 0 saturated heterocycles. The number of hydrogen-bond acceptors (Lipinski definition) is 3. The summed E-state index contributed by atoms with van der Waals surface area (Å²) in [4.78, 5) is 0.136. The first kappa shape index (κ1) is 21.7. The maximum Gasteiger partial charge on any atom is 0.127 e. The van der Waals surface area contributed by atoms with Crippen LogP contribution >= 0.6 is 11.8 Å². The first-order valence-corrected chi connectivity index (χ1v) is 13.3. The van der Waals surface area contributed by atoms with Crippen LogP contribution in [0.4, 0.5) is 0 Å². The Morgan fingerprint density at radius 2 is 0.963 bits per heavy atom. The molecule has 3 aliphatic carbocycles. The van der Waals surface area contributed by atoms with Crippen LogP contribution in [0.3, 0.4) is 0 Å². The Balaban J connectivity index is 1.59. The van der Waals surface area contributed by atoms with E-state index in [4.69, 9.17) is 10.2 Å². The zero-order valence-electron chi connectivity index (χ0n) is 17.8. The third-order valence-electron chi connectivity index (χ3n) is 7.05. The summed E-state index contributed by atoms with van der Waals surface area (Å²) in [7, 11) is 0. The van der Waals surface area contributed by atoms with Crippen LogP contribution < -0.4 is 0 Å². The monoisotopic (exact) mass is 392 g/mol. The van der Waals surface area contributed by atoms with Gasteiger partial charge >= 0.3 is 0 Å². The Morgan fingerprint density at radius 1 is 0.519 bits per heavy atom. The van der Waals surface area contributed by atoms with Crippen molar-refractivity contribution in [3.8, 4) is 0 Å². The summed E-state index contributed by atoms with van der Waals surface area (Å²) in [5.41, 5.74) is 0. The van der Waals surface area contributed by atoms with Crippen molar-refractivity contribution in [1.29, 1.82) is 0 Å². The Labute approximate surface area is 173 Å². The van der Waals surface area contributed by atoms with Crippen molar-refractivity contribution in [2.45, 2.75) is 151 Å². The van der Waals surface area contributed by atoms with Gasteiger partial charge in [-0.3, -0.25) is 0 Å². The van der Waals surface area contributed by atoms with Crippen LogP contribution in [0.25, 0.3) is 0 Å². The van der Waals surface area contributed by atoms with Crippen LogP contribution in [0.15, 0.2) is 10.2 Å². The van der Waals surface area contributed by atoms with E-state index < -0.39 is 0 Å². The fourth-order valence-corrected chi connectivity index (χ4v) is 7.09. The van der Waals surface area contributed by atoms with Crippen LogP contribution in [0.2, 0.25) is 0 Å². The smallest absolute Gasteiger partial charge is 0.127 e. The Kier molecular flexibility index (Phi) is 10.0. The number of nitrogens with zero attached hydrogens (tertiary/aromatic N) is 2. The summed E-state index contributed by atoms with van der Waals surface area (Å²) in [5, 5.41) is 10.9. The minimum Gasteiger partial charge on any atom is -0.189 e. The second-order valence-electron chi connectivity index (χ2n) is 9.51. The molecule has 3 fully saturated rings. The summed E-state index contributed by atoms with van der Waals surface area (Å²) in [6, 6.07) is 0.537. The lowest BCUT2D eigenvalue weighted by molar-refractivity contribution is 0.366. The number of thioether (sulfide) groups is 1. The van der Waals surface area contributed by atoms with Gasteiger partial charge in [0.2, 0.25) is 0 Å². The molecule has 3 aliphatic rings. The van der Waals surface area contributed by atoms with E-state index in [0.717, 1.165) is 5.25 Å². The molecular weight excluding hydrogens is 348 g/mol. The highest BCUT2D eigenvalue weighted by molar-refractivity contribution is 8.01. The van der Waals surface area contributed by atoms with E-state index in [1.165, 1.54) is 135 Å². The summed E-state index contributed by atoms with van der Waals surface area (Å²) < 4.78 is 0. The Morgan fingerprint density at radius 3 is 1.56 bits per heavy atom. The predicted octanol–water partition coefficient (Wildman–Crippen LogP) is 8.84. The van der Waals surface area contributed by atoms with Crippen molar-refractivity contribution in [1.82, 2.24) is 0 Å². The van der Waals surface area contributed by atoms with Gasteiger partial charge in [-0.2, -0.15) is 10.2 Å². The number of azo groups is 1. The van der Waals surface area contributed by atoms with Crippen LogP contribution in [0, 0.1) is 0 Å². The molecule has 0 radical (unpaired) electrons. The molecule has 3 heteroatoms. The Hall–Kier alpha value is -0.0500. The molecule has 0 heterocycles. The zero-order valence-corrected chi connectivity index (χ0v) is 18.6. The van der Waals surface area contributed by atoms with Crippen molar-refractivity contribution in [3.63, 3.8) is 0 Å². The van der Waals surface area contributed by atoms with Gasteiger partial charge in [-0.15, -0.1) is 11.8 Å². The van der Waals surface area contributed by atoms with Gasteiger partial charge in [0.05, 0.1) is 6.04 Å². The lowest BCUT2D eigenvalue weighted by Gasteiger charge is -2.35. The largest absolute Gasteiger partial charge is 0.189 e. The first-order chi connectivity index (χ1) is 13.4. The van der Waals surface area contributed by atoms with Crippen LogP contribution in [-0.4, -0.2) is 16.2 Å². The zero-order chi connectivity index (χ0) is 18.6. The number of rotatable bonds is 4. The van der Waals surface area contributed by atoms with Gasteiger partial charge in [0, 0.05) is 5.25 Å². The third-order valence-corrected chi connectivity index (χ3v) is 8.78. The molecule has 0 aliphatic heterocycles. The molecule has 0 aromatic rings. The SMILES string of the molecule is C1CCCCCC(SC2(N=NC3CCCCC3)CCCCC2)CCCCC1. The predicted molar refractivity (Wildman–Crippen MR) is 120 cm³/mol. The van der Waals surface area contributed by atoms with Crippen molar-refractivity contribution in [2.24, 2.45) is 10.2 Å². The fourth-order valence-electron chi connectivity index (χ4n) is 5.28. The maximum atomic E-state index is 5.15. The standard InChI is InChI=1S/C24H44N2S/c1-2-4-6-12-18-23(19-13-7-5-3-1)27-24(20-14-9-15-21-24)26-25-22-16-10-8-11-17-22/h22-23H,1-21H2. The highest BCUT2D eigenvalue weighted by Crippen LogP contribution is 2.46. The van der Waals surface area contributed by atoms with Gasteiger partial charge in [0.1, 0.15) is 4.87 Å². The molecule has 0 aromatic heterocycles. The molecule has 156 valence electrons. The molecule has 3 rings (SSSR count). The van der Waals surface area contributed by atoms with E-state index in [-0.39, 0.29) is 4.87 Å². The second-order valence-corrected chi connectivity index (χ2v) is 11.2. The molecule has 0 bridgehead atoms. The van der Waals surface area contributed by atoms with Crippen molar-refractivity contribution < 1.29 is 0 Å². The van der Waals surface area contributed by atoms with Crippen molar-refractivity contribution in [2.75, 3.05) is 0 Å².